The topological polar surface area (TPSA) is 20.2 Å². The predicted molar refractivity (Wildman–Crippen MR) is 44.5 cm³/mol. The minimum Gasteiger partial charge on any atom is -0.396 e. The van der Waals surface area contributed by atoms with E-state index >= 15 is 0 Å². The second-order valence-corrected chi connectivity index (χ2v) is 3.71. The monoisotopic (exact) mass is 156 g/mol. The van der Waals surface area contributed by atoms with Crippen LogP contribution < -0.4 is 0 Å². The van der Waals surface area contributed by atoms with E-state index in [1.807, 2.05) is 11.3 Å². The molecule has 1 heterocycles. The fourth-order valence-corrected chi connectivity index (χ4v) is 1.80. The molecule has 0 bridgehead atoms. The van der Waals surface area contributed by atoms with Gasteiger partial charge in [-0.15, -0.1) is 11.3 Å². The standard InChI is InChI=1S/C8H12OS/c1-7-4-5-8(10-7)3-2-6-9/h4-5,9H,2-3,6H2,1H3. The van der Waals surface area contributed by atoms with Crippen LogP contribution in [0.3, 0.4) is 0 Å². The molecule has 1 aromatic rings. The van der Waals surface area contributed by atoms with E-state index in [0.717, 1.165) is 12.8 Å². The smallest absolute Gasteiger partial charge is 0.0434 e. The molecule has 2 heteroatoms. The summed E-state index contributed by atoms with van der Waals surface area (Å²) in [6.45, 7) is 2.41. The number of aliphatic hydroxyl groups is 1. The Hall–Kier alpha value is -0.340. The average Bonchev–Trinajstić information content (AvgIpc) is 2.31. The summed E-state index contributed by atoms with van der Waals surface area (Å²) in [5, 5.41) is 8.54. The van der Waals surface area contributed by atoms with Gasteiger partial charge in [0.05, 0.1) is 0 Å². The van der Waals surface area contributed by atoms with Crippen molar-refractivity contribution in [2.24, 2.45) is 0 Å². The van der Waals surface area contributed by atoms with Crippen LogP contribution in [0.2, 0.25) is 0 Å². The van der Waals surface area contributed by atoms with Crippen molar-refractivity contribution in [3.8, 4) is 0 Å². The van der Waals surface area contributed by atoms with Gasteiger partial charge in [0.2, 0.25) is 0 Å². The molecular formula is C8H12OS. The number of hydrogen-bond donors (Lipinski definition) is 1. The molecule has 0 saturated carbocycles. The molecule has 1 rings (SSSR count). The molecule has 0 saturated heterocycles. The van der Waals surface area contributed by atoms with Crippen molar-refractivity contribution in [3.05, 3.63) is 21.9 Å². The fraction of sp³-hybridized carbons (Fsp3) is 0.500. The first kappa shape index (κ1) is 7.76. The average molecular weight is 156 g/mol. The Morgan fingerprint density at radius 3 is 2.80 bits per heavy atom. The SMILES string of the molecule is Cc1ccc(CCCO)s1. The number of hydrogen-bond acceptors (Lipinski definition) is 2. The van der Waals surface area contributed by atoms with Crippen LogP contribution in [-0.2, 0) is 6.42 Å². The Bertz CT molecular complexity index is 193. The highest BCUT2D eigenvalue weighted by molar-refractivity contribution is 7.11. The molecule has 0 fully saturated rings. The summed E-state index contributed by atoms with van der Waals surface area (Å²) in [4.78, 5) is 2.74. The predicted octanol–water partition coefficient (Wildman–Crippen LogP) is 1.98. The second-order valence-electron chi connectivity index (χ2n) is 2.34. The van der Waals surface area contributed by atoms with Gasteiger partial charge in [-0.25, -0.2) is 0 Å². The highest BCUT2D eigenvalue weighted by Crippen LogP contribution is 2.16. The molecule has 0 aliphatic rings. The van der Waals surface area contributed by atoms with Crippen LogP contribution in [0.1, 0.15) is 16.2 Å². The van der Waals surface area contributed by atoms with E-state index < -0.39 is 0 Å². The minimum absolute atomic E-state index is 0.303. The summed E-state index contributed by atoms with van der Waals surface area (Å²) >= 11 is 1.82. The molecule has 0 aliphatic heterocycles. The van der Waals surface area contributed by atoms with Gasteiger partial charge in [0.15, 0.2) is 0 Å². The largest absolute Gasteiger partial charge is 0.396 e. The normalized spacial score (nSPS) is 10.2. The third-order valence-corrected chi connectivity index (χ3v) is 2.44. The van der Waals surface area contributed by atoms with Gasteiger partial charge in [-0.2, -0.15) is 0 Å². The van der Waals surface area contributed by atoms with Crippen molar-refractivity contribution in [1.29, 1.82) is 0 Å². The third-order valence-electron chi connectivity index (χ3n) is 1.38. The van der Waals surface area contributed by atoms with Crippen molar-refractivity contribution < 1.29 is 5.11 Å². The Morgan fingerprint density at radius 1 is 1.50 bits per heavy atom. The summed E-state index contributed by atoms with van der Waals surface area (Å²) in [5.74, 6) is 0. The lowest BCUT2D eigenvalue weighted by molar-refractivity contribution is 0.289. The molecule has 0 atom stereocenters. The number of aliphatic hydroxyl groups excluding tert-OH is 1. The van der Waals surface area contributed by atoms with Crippen LogP contribution in [0, 0.1) is 6.92 Å². The first-order chi connectivity index (χ1) is 4.83. The molecule has 0 radical (unpaired) electrons. The highest BCUT2D eigenvalue weighted by atomic mass is 32.1. The molecule has 0 aromatic carbocycles. The van der Waals surface area contributed by atoms with Gasteiger partial charge in [0, 0.05) is 16.4 Å². The Morgan fingerprint density at radius 2 is 2.30 bits per heavy atom. The van der Waals surface area contributed by atoms with Crippen LogP contribution in [0.5, 0.6) is 0 Å². The summed E-state index contributed by atoms with van der Waals surface area (Å²) in [6.07, 6.45) is 1.91. The van der Waals surface area contributed by atoms with Crippen LogP contribution in [0.15, 0.2) is 12.1 Å². The van der Waals surface area contributed by atoms with Crippen molar-refractivity contribution >= 4 is 11.3 Å². The first-order valence-electron chi connectivity index (χ1n) is 3.49. The van der Waals surface area contributed by atoms with Gasteiger partial charge >= 0.3 is 0 Å². The number of rotatable bonds is 3. The zero-order valence-corrected chi connectivity index (χ0v) is 6.95. The van der Waals surface area contributed by atoms with Gasteiger partial charge in [-0.1, -0.05) is 0 Å². The highest BCUT2D eigenvalue weighted by Gasteiger charge is 1.94. The molecule has 1 nitrogen and oxygen atoms in total. The number of aryl methyl sites for hydroxylation is 2. The quantitative estimate of drug-likeness (QED) is 0.709. The van der Waals surface area contributed by atoms with E-state index in [1.165, 1.54) is 9.75 Å². The molecule has 0 aliphatic carbocycles. The zero-order chi connectivity index (χ0) is 7.40. The molecule has 1 aromatic heterocycles. The van der Waals surface area contributed by atoms with E-state index in [-0.39, 0.29) is 0 Å². The lowest BCUT2D eigenvalue weighted by atomic mass is 10.3. The summed E-state index contributed by atoms with van der Waals surface area (Å²) in [6, 6.07) is 4.26. The Labute approximate surface area is 65.3 Å². The van der Waals surface area contributed by atoms with E-state index in [2.05, 4.69) is 19.1 Å². The first-order valence-corrected chi connectivity index (χ1v) is 4.31. The fourth-order valence-electron chi connectivity index (χ4n) is 0.873. The maximum absolute atomic E-state index is 8.54. The Kier molecular flexibility index (Phi) is 2.90. The molecule has 1 N–H and O–H groups in total. The lowest BCUT2D eigenvalue weighted by Crippen LogP contribution is -1.84. The molecule has 10 heavy (non-hydrogen) atoms. The molecular weight excluding hydrogens is 144 g/mol. The molecule has 0 amide bonds. The zero-order valence-electron chi connectivity index (χ0n) is 6.13. The van der Waals surface area contributed by atoms with Crippen molar-refractivity contribution in [2.75, 3.05) is 6.61 Å². The number of thiophene rings is 1. The lowest BCUT2D eigenvalue weighted by Gasteiger charge is -1.90. The molecule has 0 unspecified atom stereocenters. The van der Waals surface area contributed by atoms with E-state index in [1.54, 1.807) is 0 Å². The summed E-state index contributed by atoms with van der Waals surface area (Å²) < 4.78 is 0. The van der Waals surface area contributed by atoms with Crippen LogP contribution in [-0.4, -0.2) is 11.7 Å². The maximum atomic E-state index is 8.54. The second kappa shape index (κ2) is 3.74. The van der Waals surface area contributed by atoms with Gasteiger partial charge in [-0.05, 0) is 31.9 Å². The van der Waals surface area contributed by atoms with Gasteiger partial charge in [0.1, 0.15) is 0 Å². The van der Waals surface area contributed by atoms with Crippen molar-refractivity contribution in [2.45, 2.75) is 19.8 Å². The third kappa shape index (κ3) is 2.12. The maximum Gasteiger partial charge on any atom is 0.0434 e. The van der Waals surface area contributed by atoms with Gasteiger partial charge in [-0.3, -0.25) is 0 Å². The molecule has 0 spiro atoms. The summed E-state index contributed by atoms with van der Waals surface area (Å²) in [5.41, 5.74) is 0. The van der Waals surface area contributed by atoms with Gasteiger partial charge in [0.25, 0.3) is 0 Å². The van der Waals surface area contributed by atoms with E-state index in [4.69, 9.17) is 5.11 Å². The van der Waals surface area contributed by atoms with Crippen LogP contribution >= 0.6 is 11.3 Å². The van der Waals surface area contributed by atoms with E-state index in [0.29, 0.717) is 6.61 Å². The van der Waals surface area contributed by atoms with Crippen molar-refractivity contribution in [1.82, 2.24) is 0 Å². The minimum atomic E-state index is 0.303. The molecule has 56 valence electrons. The van der Waals surface area contributed by atoms with E-state index in [9.17, 15) is 0 Å². The Balaban J connectivity index is 2.42. The van der Waals surface area contributed by atoms with Crippen molar-refractivity contribution in [3.63, 3.8) is 0 Å². The van der Waals surface area contributed by atoms with Crippen LogP contribution in [0.4, 0.5) is 0 Å². The summed E-state index contributed by atoms with van der Waals surface area (Å²) in [7, 11) is 0. The van der Waals surface area contributed by atoms with Crippen LogP contribution in [0.25, 0.3) is 0 Å². The van der Waals surface area contributed by atoms with Gasteiger partial charge < -0.3 is 5.11 Å².